The number of carbonyl (C=O) groups excluding carboxylic acids is 1. The molecule has 128 valence electrons. The molecule has 1 saturated heterocycles. The van der Waals surface area contributed by atoms with E-state index in [1.54, 1.807) is 26.4 Å². The summed E-state index contributed by atoms with van der Waals surface area (Å²) in [4.78, 5) is 16.6. The number of hydrogen-bond acceptors (Lipinski definition) is 5. The van der Waals surface area contributed by atoms with Crippen molar-refractivity contribution in [1.82, 2.24) is 9.80 Å². The van der Waals surface area contributed by atoms with Crippen LogP contribution in [0.5, 0.6) is 11.5 Å². The number of likely N-dealkylation sites (N-methyl/N-ethyl adjacent to an activating group) is 1. The number of piperazine rings is 1. The molecule has 6 nitrogen and oxygen atoms in total. The Morgan fingerprint density at radius 1 is 1.17 bits per heavy atom. The zero-order valence-corrected chi connectivity index (χ0v) is 14.2. The molecule has 0 saturated carbocycles. The van der Waals surface area contributed by atoms with E-state index in [4.69, 9.17) is 13.9 Å². The van der Waals surface area contributed by atoms with Crippen molar-refractivity contribution < 1.29 is 18.7 Å². The minimum absolute atomic E-state index is 0.0708. The van der Waals surface area contributed by atoms with Crippen LogP contribution in [-0.4, -0.2) is 56.6 Å². The Kier molecular flexibility index (Phi) is 4.76. The van der Waals surface area contributed by atoms with Crippen LogP contribution in [0.15, 0.2) is 41.0 Å². The van der Waals surface area contributed by atoms with Crippen molar-refractivity contribution in [2.45, 2.75) is 6.04 Å². The number of rotatable bonds is 4. The first-order valence-corrected chi connectivity index (χ1v) is 7.89. The van der Waals surface area contributed by atoms with Gasteiger partial charge in [0.05, 0.1) is 26.5 Å². The Morgan fingerprint density at radius 3 is 2.62 bits per heavy atom. The van der Waals surface area contributed by atoms with Crippen LogP contribution in [0.1, 0.15) is 22.2 Å². The van der Waals surface area contributed by atoms with Crippen LogP contribution >= 0.6 is 0 Å². The lowest BCUT2D eigenvalue weighted by molar-refractivity contribution is 0.0517. The molecule has 2 heterocycles. The highest BCUT2D eigenvalue weighted by Gasteiger charge is 2.30. The summed E-state index contributed by atoms with van der Waals surface area (Å²) in [5.41, 5.74) is 1.09. The van der Waals surface area contributed by atoms with Crippen molar-refractivity contribution in [2.75, 3.05) is 40.9 Å². The Bertz CT molecular complexity index is 699. The van der Waals surface area contributed by atoms with Crippen LogP contribution in [0, 0.1) is 0 Å². The topological polar surface area (TPSA) is 55.2 Å². The molecule has 24 heavy (non-hydrogen) atoms. The maximum Gasteiger partial charge on any atom is 0.289 e. The number of furan rings is 1. The second-order valence-electron chi connectivity index (χ2n) is 5.84. The largest absolute Gasteiger partial charge is 0.493 e. The lowest BCUT2D eigenvalue weighted by Gasteiger charge is -2.39. The average Bonchev–Trinajstić information content (AvgIpc) is 3.15. The molecule has 1 aromatic heterocycles. The monoisotopic (exact) mass is 330 g/mol. The molecular formula is C18H22N2O4. The molecule has 1 unspecified atom stereocenters. The summed E-state index contributed by atoms with van der Waals surface area (Å²) in [7, 11) is 5.31. The molecule has 1 amide bonds. The van der Waals surface area contributed by atoms with Crippen molar-refractivity contribution in [3.63, 3.8) is 0 Å². The summed E-state index contributed by atoms with van der Waals surface area (Å²) >= 11 is 0. The van der Waals surface area contributed by atoms with E-state index in [-0.39, 0.29) is 11.9 Å². The van der Waals surface area contributed by atoms with Crippen LogP contribution in [-0.2, 0) is 0 Å². The van der Waals surface area contributed by atoms with Gasteiger partial charge in [-0.15, -0.1) is 0 Å². The van der Waals surface area contributed by atoms with Crippen molar-refractivity contribution in [1.29, 1.82) is 0 Å². The molecule has 6 heteroatoms. The average molecular weight is 330 g/mol. The molecule has 0 radical (unpaired) electrons. The van der Waals surface area contributed by atoms with Gasteiger partial charge in [0.2, 0.25) is 0 Å². The van der Waals surface area contributed by atoms with Crippen molar-refractivity contribution >= 4 is 5.91 Å². The quantitative estimate of drug-likeness (QED) is 0.862. The number of methoxy groups -OCH3 is 2. The van der Waals surface area contributed by atoms with E-state index < -0.39 is 0 Å². The van der Waals surface area contributed by atoms with E-state index in [1.165, 1.54) is 6.26 Å². The molecule has 1 aromatic carbocycles. The van der Waals surface area contributed by atoms with Gasteiger partial charge in [-0.05, 0) is 36.9 Å². The van der Waals surface area contributed by atoms with Crippen molar-refractivity contribution in [3.8, 4) is 11.5 Å². The molecule has 0 bridgehead atoms. The minimum Gasteiger partial charge on any atom is -0.493 e. The van der Waals surface area contributed by atoms with Crippen LogP contribution in [0.2, 0.25) is 0 Å². The van der Waals surface area contributed by atoms with Crippen molar-refractivity contribution in [2.24, 2.45) is 0 Å². The number of benzene rings is 1. The number of hydrogen-bond donors (Lipinski definition) is 0. The second kappa shape index (κ2) is 6.97. The first kappa shape index (κ1) is 16.4. The Morgan fingerprint density at radius 2 is 1.96 bits per heavy atom. The van der Waals surface area contributed by atoms with Gasteiger partial charge in [-0.3, -0.25) is 9.69 Å². The van der Waals surface area contributed by atoms with E-state index in [2.05, 4.69) is 11.9 Å². The molecule has 1 atom stereocenters. The highest BCUT2D eigenvalue weighted by molar-refractivity contribution is 5.91. The molecular weight excluding hydrogens is 308 g/mol. The Hall–Kier alpha value is -2.47. The smallest absolute Gasteiger partial charge is 0.289 e. The van der Waals surface area contributed by atoms with Crippen LogP contribution in [0.4, 0.5) is 0 Å². The van der Waals surface area contributed by atoms with Gasteiger partial charge >= 0.3 is 0 Å². The second-order valence-corrected chi connectivity index (χ2v) is 5.84. The maximum atomic E-state index is 12.5. The van der Waals surface area contributed by atoms with Crippen molar-refractivity contribution in [3.05, 3.63) is 47.9 Å². The number of carbonyl (C=O) groups is 1. The molecule has 1 fully saturated rings. The van der Waals surface area contributed by atoms with Gasteiger partial charge < -0.3 is 18.8 Å². The fourth-order valence-electron chi connectivity index (χ4n) is 3.03. The van der Waals surface area contributed by atoms with E-state index in [9.17, 15) is 4.79 Å². The fraction of sp³-hybridized carbons (Fsp3) is 0.389. The third-order valence-electron chi connectivity index (χ3n) is 4.46. The Labute approximate surface area is 141 Å². The first-order valence-electron chi connectivity index (χ1n) is 7.89. The molecule has 0 spiro atoms. The zero-order valence-electron chi connectivity index (χ0n) is 14.2. The van der Waals surface area contributed by atoms with E-state index in [0.29, 0.717) is 30.3 Å². The predicted octanol–water partition coefficient (Wildman–Crippen LogP) is 2.43. The summed E-state index contributed by atoms with van der Waals surface area (Å²) in [6.07, 6.45) is 1.52. The van der Waals surface area contributed by atoms with E-state index >= 15 is 0 Å². The normalized spacial score (nSPS) is 18.5. The van der Waals surface area contributed by atoms with Gasteiger partial charge in [-0.2, -0.15) is 0 Å². The summed E-state index contributed by atoms with van der Waals surface area (Å²) in [6, 6.07) is 9.42. The molecule has 0 N–H and O–H groups in total. The summed E-state index contributed by atoms with van der Waals surface area (Å²) < 4.78 is 15.9. The number of ether oxygens (including phenoxy) is 2. The number of nitrogens with zero attached hydrogens (tertiary/aromatic N) is 2. The Balaban J connectivity index is 1.82. The summed E-state index contributed by atoms with van der Waals surface area (Å²) in [6.45, 7) is 2.08. The van der Waals surface area contributed by atoms with Crippen LogP contribution < -0.4 is 9.47 Å². The molecule has 2 aromatic rings. The predicted molar refractivity (Wildman–Crippen MR) is 89.5 cm³/mol. The molecule has 0 aliphatic carbocycles. The highest BCUT2D eigenvalue weighted by Crippen LogP contribution is 2.33. The third-order valence-corrected chi connectivity index (χ3v) is 4.46. The van der Waals surface area contributed by atoms with Gasteiger partial charge in [0.15, 0.2) is 17.3 Å². The van der Waals surface area contributed by atoms with E-state index in [0.717, 1.165) is 12.1 Å². The SMILES string of the molecule is COc1ccc(C2CN(C(=O)c3ccco3)CCN2C)cc1OC. The zero-order chi connectivity index (χ0) is 17.1. The summed E-state index contributed by atoms with van der Waals surface area (Å²) in [5, 5.41) is 0. The van der Waals surface area contributed by atoms with Crippen LogP contribution in [0.25, 0.3) is 0 Å². The minimum atomic E-state index is -0.0708. The molecule has 3 rings (SSSR count). The lowest BCUT2D eigenvalue weighted by atomic mass is 10.0. The third kappa shape index (κ3) is 3.10. The maximum absolute atomic E-state index is 12.5. The highest BCUT2D eigenvalue weighted by atomic mass is 16.5. The van der Waals surface area contributed by atoms with Gasteiger partial charge in [-0.1, -0.05) is 6.07 Å². The van der Waals surface area contributed by atoms with Gasteiger partial charge in [0, 0.05) is 19.6 Å². The van der Waals surface area contributed by atoms with Gasteiger partial charge in [0.1, 0.15) is 0 Å². The first-order chi connectivity index (χ1) is 11.6. The molecule has 1 aliphatic rings. The standard InChI is InChI=1S/C18H22N2O4/c1-19-8-9-20(18(21)16-5-4-10-24-16)12-14(19)13-6-7-15(22-2)17(11-13)23-3/h4-7,10-11,14H,8-9,12H2,1-3H3. The fourth-order valence-corrected chi connectivity index (χ4v) is 3.03. The van der Waals surface area contributed by atoms with E-state index in [1.807, 2.05) is 23.1 Å². The van der Waals surface area contributed by atoms with Gasteiger partial charge in [-0.25, -0.2) is 0 Å². The van der Waals surface area contributed by atoms with Gasteiger partial charge in [0.25, 0.3) is 5.91 Å². The lowest BCUT2D eigenvalue weighted by Crippen LogP contribution is -2.48. The summed E-state index contributed by atoms with van der Waals surface area (Å²) in [5.74, 6) is 1.70. The number of amides is 1. The van der Waals surface area contributed by atoms with Crippen LogP contribution in [0.3, 0.4) is 0 Å². The molecule has 1 aliphatic heterocycles.